The number of hydrogen-bond donors (Lipinski definition) is 0. The first-order valence-electron chi connectivity index (χ1n) is 3.64. The van der Waals surface area contributed by atoms with E-state index in [0.29, 0.717) is 0 Å². The largest absolute Gasteiger partial charge is 2.00 e. The maximum absolute atomic E-state index is 4.26. The summed E-state index contributed by atoms with van der Waals surface area (Å²) in [4.78, 5) is 0. The summed E-state index contributed by atoms with van der Waals surface area (Å²) in [6.07, 6.45) is 0. The minimum Gasteiger partial charge on any atom is -0.214 e. The van der Waals surface area contributed by atoms with E-state index in [1.54, 1.807) is 0 Å². The molecular weight excluding hydrogens is 258 g/mol. The molecule has 0 aliphatic heterocycles. The number of halogens is 2. The Labute approximate surface area is 107 Å². The molecule has 0 saturated carbocycles. The number of hydrogen-bond acceptors (Lipinski definition) is 1. The number of rotatable bonds is 0. The fourth-order valence-electron chi connectivity index (χ4n) is 0.642. The quantitative estimate of drug-likeness (QED) is 0.653. The standard InChI is InChI=1S/2C5H5.Cl2O.V/c2*1-2-4-5-3-1;1-3-2;/h2*1-5H;;/q2*-1;;+2. The van der Waals surface area contributed by atoms with Crippen LogP contribution in [0, 0.1) is 0 Å². The normalized spacial score (nSPS) is 7.00. The van der Waals surface area contributed by atoms with E-state index in [0.717, 1.165) is 0 Å². The molecule has 1 nitrogen and oxygen atoms in total. The smallest absolute Gasteiger partial charge is 0.214 e. The zero-order chi connectivity index (χ0) is 9.78. The van der Waals surface area contributed by atoms with Crippen LogP contribution >= 0.6 is 23.7 Å². The minimum atomic E-state index is 0. The predicted molar refractivity (Wildman–Crippen MR) is 56.9 cm³/mol. The first kappa shape index (κ1) is 16.3. The van der Waals surface area contributed by atoms with Crippen LogP contribution in [0.25, 0.3) is 0 Å². The van der Waals surface area contributed by atoms with Crippen LogP contribution < -0.4 is 0 Å². The molecule has 0 unspecified atom stereocenters. The molecule has 0 fully saturated rings. The second kappa shape index (κ2) is 15.3. The molecule has 0 saturated heterocycles. The van der Waals surface area contributed by atoms with Crippen LogP contribution in [0.3, 0.4) is 0 Å². The molecule has 2 rings (SSSR count). The van der Waals surface area contributed by atoms with Crippen LogP contribution in [0.2, 0.25) is 0 Å². The van der Waals surface area contributed by atoms with E-state index in [4.69, 9.17) is 0 Å². The zero-order valence-electron chi connectivity index (χ0n) is 7.38. The summed E-state index contributed by atoms with van der Waals surface area (Å²) in [6, 6.07) is 20.0. The van der Waals surface area contributed by atoms with E-state index < -0.39 is 0 Å². The molecule has 14 heavy (non-hydrogen) atoms. The Kier molecular flexibility index (Phi) is 17.8. The van der Waals surface area contributed by atoms with Gasteiger partial charge in [0.1, 0.15) is 0 Å². The van der Waals surface area contributed by atoms with Gasteiger partial charge in [-0.3, -0.25) is 0 Å². The molecule has 4 heteroatoms. The van der Waals surface area contributed by atoms with Crippen LogP contribution in [-0.2, 0) is 22.4 Å². The van der Waals surface area contributed by atoms with Crippen LogP contribution in [0.4, 0.5) is 0 Å². The summed E-state index contributed by atoms with van der Waals surface area (Å²) >= 11 is 8.53. The third kappa shape index (κ3) is 14.4. The molecule has 2 aromatic rings. The van der Waals surface area contributed by atoms with Gasteiger partial charge >= 0.3 is 18.6 Å². The molecule has 0 atom stereocenters. The minimum absolute atomic E-state index is 0. The van der Waals surface area contributed by atoms with Crippen molar-refractivity contribution in [2.75, 3.05) is 0 Å². The van der Waals surface area contributed by atoms with E-state index in [1.807, 2.05) is 60.7 Å². The summed E-state index contributed by atoms with van der Waals surface area (Å²) in [5.41, 5.74) is 0. The molecule has 0 aromatic heterocycles. The molecular formula is C10H10Cl2OV. The second-order valence-corrected chi connectivity index (χ2v) is 2.45. The molecule has 0 aliphatic rings. The molecule has 0 amide bonds. The van der Waals surface area contributed by atoms with Gasteiger partial charge in [-0.15, -0.1) is 0 Å². The Morgan fingerprint density at radius 3 is 1.00 bits per heavy atom. The first-order valence-corrected chi connectivity index (χ1v) is 4.26. The zero-order valence-corrected chi connectivity index (χ0v) is 10.3. The molecule has 0 aliphatic carbocycles. The fraction of sp³-hybridized carbons (Fsp3) is 0. The van der Waals surface area contributed by atoms with Crippen molar-refractivity contribution in [1.29, 1.82) is 0 Å². The van der Waals surface area contributed by atoms with Crippen molar-refractivity contribution in [1.82, 2.24) is 0 Å². The van der Waals surface area contributed by atoms with Crippen LogP contribution in [-0.4, -0.2) is 0 Å². The maximum atomic E-state index is 4.26. The molecule has 2 aromatic carbocycles. The fourth-order valence-corrected chi connectivity index (χ4v) is 0.642. The molecule has 0 heterocycles. The van der Waals surface area contributed by atoms with Crippen molar-refractivity contribution < 1.29 is 22.4 Å². The van der Waals surface area contributed by atoms with Gasteiger partial charge in [-0.25, -0.2) is 24.3 Å². The van der Waals surface area contributed by atoms with Crippen LogP contribution in [0.5, 0.6) is 0 Å². The van der Waals surface area contributed by atoms with Crippen molar-refractivity contribution in [3.63, 3.8) is 0 Å². The Morgan fingerprint density at radius 1 is 0.714 bits per heavy atom. The van der Waals surface area contributed by atoms with E-state index in [2.05, 4.69) is 27.6 Å². The van der Waals surface area contributed by atoms with Gasteiger partial charge in [-0.1, -0.05) is 0 Å². The van der Waals surface area contributed by atoms with Gasteiger partial charge in [0.15, 0.2) is 0 Å². The Bertz CT molecular complexity index is 170. The van der Waals surface area contributed by atoms with Crippen LogP contribution in [0.1, 0.15) is 0 Å². The van der Waals surface area contributed by atoms with Crippen molar-refractivity contribution >= 4 is 23.7 Å². The third-order valence-corrected chi connectivity index (χ3v) is 1.11. The predicted octanol–water partition coefficient (Wildman–Crippen LogP) is 4.12. The summed E-state index contributed by atoms with van der Waals surface area (Å²) in [6.45, 7) is 0. The molecule has 1 radical (unpaired) electrons. The molecule has 75 valence electrons. The van der Waals surface area contributed by atoms with Crippen molar-refractivity contribution in [2.24, 2.45) is 0 Å². The maximum Gasteiger partial charge on any atom is 2.00 e. The van der Waals surface area contributed by atoms with Gasteiger partial charge in [0.25, 0.3) is 0 Å². The monoisotopic (exact) mass is 267 g/mol. The summed E-state index contributed by atoms with van der Waals surface area (Å²) in [7, 11) is 0. The van der Waals surface area contributed by atoms with Crippen molar-refractivity contribution in [3.05, 3.63) is 60.7 Å². The Morgan fingerprint density at radius 2 is 0.929 bits per heavy atom. The van der Waals surface area contributed by atoms with Gasteiger partial charge in [-0.05, 0) is 0 Å². The van der Waals surface area contributed by atoms with Gasteiger partial charge in [0, 0.05) is 0 Å². The SMILES string of the molecule is ClOCl.[V+2].c1cc[cH-]c1.c1cc[cH-]c1. The topological polar surface area (TPSA) is 9.23 Å². The van der Waals surface area contributed by atoms with E-state index in [1.165, 1.54) is 0 Å². The van der Waals surface area contributed by atoms with E-state index in [9.17, 15) is 0 Å². The summed E-state index contributed by atoms with van der Waals surface area (Å²) < 4.78 is 3.19. The molecule has 0 bridgehead atoms. The van der Waals surface area contributed by atoms with Gasteiger partial charge in [0.05, 0.1) is 23.7 Å². The van der Waals surface area contributed by atoms with Crippen molar-refractivity contribution in [3.8, 4) is 0 Å². The Balaban J connectivity index is 0. The summed E-state index contributed by atoms with van der Waals surface area (Å²) in [5.74, 6) is 0. The van der Waals surface area contributed by atoms with E-state index in [-0.39, 0.29) is 18.6 Å². The van der Waals surface area contributed by atoms with Crippen molar-refractivity contribution in [2.45, 2.75) is 0 Å². The van der Waals surface area contributed by atoms with Gasteiger partial charge in [-0.2, -0.15) is 40.2 Å². The Hall–Kier alpha value is -0.176. The van der Waals surface area contributed by atoms with Gasteiger partial charge in [0.2, 0.25) is 0 Å². The average molecular weight is 268 g/mol. The molecule has 0 spiro atoms. The van der Waals surface area contributed by atoms with Crippen LogP contribution in [0.15, 0.2) is 60.7 Å². The second-order valence-electron chi connectivity index (χ2n) is 1.98. The van der Waals surface area contributed by atoms with Gasteiger partial charge < -0.3 is 0 Å². The summed E-state index contributed by atoms with van der Waals surface area (Å²) in [5, 5.41) is 0. The first-order chi connectivity index (χ1) is 6.41. The average Bonchev–Trinajstić information content (AvgIpc) is 2.85. The molecule has 0 N–H and O–H groups in total. The third-order valence-electron chi connectivity index (χ3n) is 1.11. The van der Waals surface area contributed by atoms with E-state index >= 15 is 0 Å².